The number of halogens is 3. The van der Waals surface area contributed by atoms with Gasteiger partial charge in [-0.2, -0.15) is 23.4 Å². The number of likely N-dealkylation sites (N-methyl/N-ethyl adjacent to an activating group) is 1. The zero-order valence-corrected chi connectivity index (χ0v) is 15.6. The van der Waals surface area contributed by atoms with Gasteiger partial charge >= 0.3 is 12.1 Å². The van der Waals surface area contributed by atoms with Gasteiger partial charge in [0.1, 0.15) is 0 Å². The number of carboxylic acid groups (broad SMARTS) is 1. The van der Waals surface area contributed by atoms with E-state index in [-0.39, 0.29) is 11.5 Å². The van der Waals surface area contributed by atoms with Crippen LogP contribution in [0.25, 0.3) is 0 Å². The summed E-state index contributed by atoms with van der Waals surface area (Å²) in [5.74, 6) is -2.71. The minimum atomic E-state index is -5.08. The number of aromatic nitrogens is 2. The lowest BCUT2D eigenvalue weighted by atomic mass is 9.87. The van der Waals surface area contributed by atoms with Crippen LogP contribution in [0.3, 0.4) is 0 Å². The van der Waals surface area contributed by atoms with Crippen molar-refractivity contribution >= 4 is 11.9 Å². The van der Waals surface area contributed by atoms with Gasteiger partial charge in [0.25, 0.3) is 5.91 Å². The van der Waals surface area contributed by atoms with Crippen LogP contribution in [0, 0.1) is 0 Å². The first-order valence-corrected chi connectivity index (χ1v) is 8.70. The number of carboxylic acids is 1. The third-order valence-corrected chi connectivity index (χ3v) is 4.96. The summed E-state index contributed by atoms with van der Waals surface area (Å²) in [5.41, 5.74) is 0.585. The Kier molecular flexibility index (Phi) is 6.94. The summed E-state index contributed by atoms with van der Waals surface area (Å²) in [7, 11) is 4.20. The Bertz CT molecular complexity index is 677. The fraction of sp³-hybridized carbons (Fsp3) is 0.647. The highest BCUT2D eigenvalue weighted by Crippen LogP contribution is 2.37. The fourth-order valence-electron chi connectivity index (χ4n) is 3.22. The van der Waals surface area contributed by atoms with Crippen LogP contribution in [-0.4, -0.2) is 88.6 Å². The molecule has 11 heteroatoms. The van der Waals surface area contributed by atoms with Crippen molar-refractivity contribution in [2.75, 3.05) is 33.8 Å². The number of rotatable bonds is 2. The van der Waals surface area contributed by atoms with Crippen molar-refractivity contribution in [1.29, 1.82) is 0 Å². The summed E-state index contributed by atoms with van der Waals surface area (Å²) >= 11 is 0. The number of carbonyl (C=O) groups excluding carboxylic acids is 1. The van der Waals surface area contributed by atoms with Gasteiger partial charge in [-0.25, -0.2) is 4.79 Å². The van der Waals surface area contributed by atoms with Gasteiger partial charge in [0.15, 0.2) is 0 Å². The van der Waals surface area contributed by atoms with E-state index in [1.54, 1.807) is 12.3 Å². The highest BCUT2D eigenvalue weighted by atomic mass is 19.4. The van der Waals surface area contributed by atoms with Crippen LogP contribution in [0.5, 0.6) is 0 Å². The molecule has 2 saturated heterocycles. The third-order valence-electron chi connectivity index (χ3n) is 4.96. The van der Waals surface area contributed by atoms with E-state index in [1.807, 2.05) is 4.90 Å². The van der Waals surface area contributed by atoms with Crippen molar-refractivity contribution in [1.82, 2.24) is 20.0 Å². The second-order valence-electron chi connectivity index (χ2n) is 7.04. The molecule has 1 aromatic rings. The van der Waals surface area contributed by atoms with Crippen molar-refractivity contribution in [2.24, 2.45) is 0 Å². The molecule has 0 aromatic carbocycles. The van der Waals surface area contributed by atoms with E-state index in [4.69, 9.17) is 14.6 Å². The Morgan fingerprint density at radius 2 is 1.89 bits per heavy atom. The molecule has 3 heterocycles. The van der Waals surface area contributed by atoms with Crippen LogP contribution >= 0.6 is 0 Å². The van der Waals surface area contributed by atoms with Gasteiger partial charge in [0.05, 0.1) is 30.2 Å². The Labute approximate surface area is 160 Å². The Morgan fingerprint density at radius 3 is 2.32 bits per heavy atom. The molecule has 156 valence electrons. The number of alkyl halides is 3. The number of hydrogen-bond donors (Lipinski definition) is 1. The van der Waals surface area contributed by atoms with Crippen molar-refractivity contribution in [2.45, 2.75) is 37.1 Å². The van der Waals surface area contributed by atoms with Crippen molar-refractivity contribution in [3.05, 3.63) is 24.0 Å². The molecule has 0 bridgehead atoms. The molecule has 1 unspecified atom stereocenters. The van der Waals surface area contributed by atoms with E-state index in [9.17, 15) is 18.0 Å². The number of aliphatic carboxylic acids is 1. The normalized spacial score (nSPS) is 21.4. The number of nitrogens with zero attached hydrogens (tertiary/aromatic N) is 4. The number of piperidine rings is 1. The van der Waals surface area contributed by atoms with Crippen LogP contribution in [0.15, 0.2) is 18.5 Å². The molecule has 3 rings (SSSR count). The summed E-state index contributed by atoms with van der Waals surface area (Å²) < 4.78 is 37.8. The zero-order chi connectivity index (χ0) is 20.9. The molecule has 0 saturated carbocycles. The highest BCUT2D eigenvalue weighted by Gasteiger charge is 2.44. The number of ether oxygens (including phenoxy) is 1. The molecular formula is C17H23F3N4O4. The molecular weight excluding hydrogens is 381 g/mol. The molecule has 1 spiro atoms. The van der Waals surface area contributed by atoms with Crippen molar-refractivity contribution in [3.8, 4) is 0 Å². The average molecular weight is 404 g/mol. The Morgan fingerprint density at radius 1 is 1.29 bits per heavy atom. The van der Waals surface area contributed by atoms with Gasteiger partial charge in [-0.05, 0) is 39.4 Å². The van der Waals surface area contributed by atoms with Gasteiger partial charge < -0.3 is 19.6 Å². The van der Waals surface area contributed by atoms with Gasteiger partial charge in [0.2, 0.25) is 0 Å². The summed E-state index contributed by atoms with van der Waals surface area (Å²) in [6.07, 6.45) is 0.906. The monoisotopic (exact) mass is 404 g/mol. The van der Waals surface area contributed by atoms with E-state index in [1.165, 1.54) is 6.20 Å². The molecule has 2 aliphatic heterocycles. The maximum atomic E-state index is 12.4. The zero-order valence-electron chi connectivity index (χ0n) is 15.6. The van der Waals surface area contributed by atoms with Crippen LogP contribution < -0.4 is 0 Å². The summed E-state index contributed by atoms with van der Waals surface area (Å²) in [4.78, 5) is 25.4. The van der Waals surface area contributed by atoms with Gasteiger partial charge in [0, 0.05) is 19.1 Å². The first-order chi connectivity index (χ1) is 13.0. The SMILES string of the molecule is CN(C)C1COC2(CCN(C(=O)c3ccnnc3)CC2)C1.O=C(O)C(F)(F)F. The predicted molar refractivity (Wildman–Crippen MR) is 91.6 cm³/mol. The average Bonchev–Trinajstić information content (AvgIpc) is 3.06. The van der Waals surface area contributed by atoms with Crippen LogP contribution in [0.1, 0.15) is 29.6 Å². The molecule has 2 fully saturated rings. The fourth-order valence-corrected chi connectivity index (χ4v) is 3.22. The first-order valence-electron chi connectivity index (χ1n) is 8.70. The minimum Gasteiger partial charge on any atom is -0.475 e. The van der Waals surface area contributed by atoms with Gasteiger partial charge in [-0.1, -0.05) is 0 Å². The van der Waals surface area contributed by atoms with E-state index >= 15 is 0 Å². The van der Waals surface area contributed by atoms with E-state index in [2.05, 4.69) is 29.2 Å². The van der Waals surface area contributed by atoms with Gasteiger partial charge in [-0.15, -0.1) is 0 Å². The van der Waals surface area contributed by atoms with E-state index in [0.29, 0.717) is 11.6 Å². The molecule has 1 aromatic heterocycles. The molecule has 8 nitrogen and oxygen atoms in total. The molecule has 1 atom stereocenters. The minimum absolute atomic E-state index is 0.0256. The lowest BCUT2D eigenvalue weighted by Crippen LogP contribution is -2.47. The smallest absolute Gasteiger partial charge is 0.475 e. The van der Waals surface area contributed by atoms with Gasteiger partial charge in [-0.3, -0.25) is 4.79 Å². The maximum absolute atomic E-state index is 12.4. The Hall–Kier alpha value is -2.27. The second-order valence-corrected chi connectivity index (χ2v) is 7.04. The molecule has 1 N–H and O–H groups in total. The first kappa shape index (κ1) is 22.0. The predicted octanol–water partition coefficient (Wildman–Crippen LogP) is 1.44. The van der Waals surface area contributed by atoms with Crippen molar-refractivity contribution in [3.63, 3.8) is 0 Å². The van der Waals surface area contributed by atoms with Crippen molar-refractivity contribution < 1.29 is 32.6 Å². The lowest BCUT2D eigenvalue weighted by Gasteiger charge is -2.38. The molecule has 2 aliphatic rings. The summed E-state index contributed by atoms with van der Waals surface area (Å²) in [6, 6.07) is 2.21. The third kappa shape index (κ3) is 5.61. The topological polar surface area (TPSA) is 95.9 Å². The van der Waals surface area contributed by atoms with E-state index < -0.39 is 12.1 Å². The molecule has 0 radical (unpaired) electrons. The number of hydrogen-bond acceptors (Lipinski definition) is 6. The number of carbonyl (C=O) groups is 2. The second kappa shape index (κ2) is 8.82. The molecule has 28 heavy (non-hydrogen) atoms. The van der Waals surface area contributed by atoms with E-state index in [0.717, 1.165) is 39.0 Å². The van der Waals surface area contributed by atoms with Crippen LogP contribution in [0.4, 0.5) is 13.2 Å². The molecule has 0 aliphatic carbocycles. The largest absolute Gasteiger partial charge is 0.490 e. The number of amides is 1. The highest BCUT2D eigenvalue weighted by molar-refractivity contribution is 5.93. The van der Waals surface area contributed by atoms with Crippen LogP contribution in [0.2, 0.25) is 0 Å². The number of likely N-dealkylation sites (tertiary alicyclic amines) is 1. The quantitative estimate of drug-likeness (QED) is 0.797. The maximum Gasteiger partial charge on any atom is 0.490 e. The standard InChI is InChI=1S/C15H22N4O2.C2HF3O2/c1-18(2)13-9-15(21-11-13)4-7-19(8-5-15)14(20)12-3-6-16-17-10-12;3-2(4,5)1(6)7/h3,6,10,13H,4-5,7-9,11H2,1-2H3;(H,6,7). The Balaban J connectivity index is 0.000000345. The summed E-state index contributed by atoms with van der Waals surface area (Å²) in [6.45, 7) is 2.30. The van der Waals surface area contributed by atoms with Crippen LogP contribution in [-0.2, 0) is 9.53 Å². The molecule has 1 amide bonds. The summed E-state index contributed by atoms with van der Waals surface area (Å²) in [5, 5.41) is 14.6. The lowest BCUT2D eigenvalue weighted by molar-refractivity contribution is -0.192.